The normalized spacial score (nSPS) is 14.5. The van der Waals surface area contributed by atoms with E-state index in [9.17, 15) is 4.79 Å². The average molecular weight is 286 g/mol. The number of carbonyl (C=O) groups excluding carboxylic acids is 1. The Labute approximate surface area is 123 Å². The van der Waals surface area contributed by atoms with Gasteiger partial charge in [-0.1, -0.05) is 0 Å². The van der Waals surface area contributed by atoms with Crippen molar-refractivity contribution in [3.05, 3.63) is 35.5 Å². The van der Waals surface area contributed by atoms with Crippen molar-refractivity contribution in [1.82, 2.24) is 25.1 Å². The van der Waals surface area contributed by atoms with Gasteiger partial charge in [-0.15, -0.1) is 0 Å². The van der Waals surface area contributed by atoms with Gasteiger partial charge in [0.2, 0.25) is 0 Å². The van der Waals surface area contributed by atoms with Gasteiger partial charge in [0.05, 0.1) is 5.69 Å². The van der Waals surface area contributed by atoms with E-state index in [2.05, 4.69) is 20.2 Å². The maximum absolute atomic E-state index is 12.4. The summed E-state index contributed by atoms with van der Waals surface area (Å²) in [5, 5.41) is 6.56. The van der Waals surface area contributed by atoms with Crippen LogP contribution in [0.15, 0.2) is 18.6 Å². The molecule has 0 atom stereocenters. The zero-order valence-corrected chi connectivity index (χ0v) is 12.2. The Morgan fingerprint density at radius 3 is 2.81 bits per heavy atom. The summed E-state index contributed by atoms with van der Waals surface area (Å²) in [6.07, 6.45) is 4.71. The van der Waals surface area contributed by atoms with Gasteiger partial charge in [0.1, 0.15) is 17.8 Å². The van der Waals surface area contributed by atoms with Crippen molar-refractivity contribution in [2.24, 2.45) is 0 Å². The standard InChI is InChI=1S/C14H18N6O/c1-19(2)13-10-4-7-20(8-5-11(10)15-9-16-13)14(21)12-3-6-17-18-12/h3,6,9H,4-5,7-8H2,1-2H3,(H,17,18). The predicted octanol–water partition coefficient (Wildman–Crippen LogP) is 0.507. The van der Waals surface area contributed by atoms with E-state index in [1.165, 1.54) is 0 Å². The van der Waals surface area contributed by atoms with Crippen LogP contribution in [0.5, 0.6) is 0 Å². The summed E-state index contributed by atoms with van der Waals surface area (Å²) in [6.45, 7) is 1.33. The minimum Gasteiger partial charge on any atom is -0.362 e. The van der Waals surface area contributed by atoms with E-state index < -0.39 is 0 Å². The van der Waals surface area contributed by atoms with E-state index in [0.717, 1.165) is 29.9 Å². The highest BCUT2D eigenvalue weighted by Gasteiger charge is 2.23. The van der Waals surface area contributed by atoms with E-state index >= 15 is 0 Å². The molecule has 0 saturated carbocycles. The molecule has 2 aromatic rings. The van der Waals surface area contributed by atoms with Gasteiger partial charge in [-0.05, 0) is 12.5 Å². The molecule has 0 aliphatic carbocycles. The Hall–Kier alpha value is -2.44. The quantitative estimate of drug-likeness (QED) is 0.870. The van der Waals surface area contributed by atoms with E-state index in [1.54, 1.807) is 18.6 Å². The topological polar surface area (TPSA) is 78.0 Å². The molecular weight excluding hydrogens is 268 g/mol. The monoisotopic (exact) mass is 286 g/mol. The number of aromatic amines is 1. The molecule has 1 aliphatic rings. The van der Waals surface area contributed by atoms with Crippen LogP contribution in [0.4, 0.5) is 5.82 Å². The molecule has 3 rings (SSSR count). The Morgan fingerprint density at radius 2 is 2.10 bits per heavy atom. The molecule has 2 aromatic heterocycles. The van der Waals surface area contributed by atoms with Crippen LogP contribution in [-0.2, 0) is 12.8 Å². The smallest absolute Gasteiger partial charge is 0.271 e. The molecule has 1 N–H and O–H groups in total. The van der Waals surface area contributed by atoms with Gasteiger partial charge in [-0.25, -0.2) is 9.97 Å². The molecule has 0 bridgehead atoms. The number of rotatable bonds is 2. The van der Waals surface area contributed by atoms with Crippen molar-refractivity contribution in [3.8, 4) is 0 Å². The number of carbonyl (C=O) groups is 1. The second-order valence-corrected chi connectivity index (χ2v) is 5.28. The molecule has 0 spiro atoms. The van der Waals surface area contributed by atoms with Crippen LogP contribution in [0.3, 0.4) is 0 Å². The molecule has 21 heavy (non-hydrogen) atoms. The third-order valence-corrected chi connectivity index (χ3v) is 3.70. The molecule has 0 unspecified atom stereocenters. The minimum absolute atomic E-state index is 0.0142. The van der Waals surface area contributed by atoms with E-state index in [1.807, 2.05) is 23.9 Å². The number of amides is 1. The maximum Gasteiger partial charge on any atom is 0.271 e. The maximum atomic E-state index is 12.4. The lowest BCUT2D eigenvalue weighted by atomic mass is 10.1. The largest absolute Gasteiger partial charge is 0.362 e. The predicted molar refractivity (Wildman–Crippen MR) is 78.3 cm³/mol. The first kappa shape index (κ1) is 13.5. The molecule has 0 aromatic carbocycles. The summed E-state index contributed by atoms with van der Waals surface area (Å²) >= 11 is 0. The molecule has 7 heteroatoms. The Balaban J connectivity index is 1.83. The van der Waals surface area contributed by atoms with E-state index in [0.29, 0.717) is 18.8 Å². The summed E-state index contributed by atoms with van der Waals surface area (Å²) in [7, 11) is 3.95. The van der Waals surface area contributed by atoms with Crippen molar-refractivity contribution in [2.75, 3.05) is 32.1 Å². The van der Waals surface area contributed by atoms with Crippen molar-refractivity contribution >= 4 is 11.7 Å². The van der Waals surface area contributed by atoms with Gasteiger partial charge in [0.25, 0.3) is 5.91 Å². The van der Waals surface area contributed by atoms with E-state index in [4.69, 9.17) is 0 Å². The van der Waals surface area contributed by atoms with Crippen molar-refractivity contribution in [2.45, 2.75) is 12.8 Å². The van der Waals surface area contributed by atoms with Crippen molar-refractivity contribution < 1.29 is 4.79 Å². The Bertz CT molecular complexity index is 637. The number of hydrogen-bond donors (Lipinski definition) is 1. The number of anilines is 1. The minimum atomic E-state index is -0.0142. The zero-order valence-electron chi connectivity index (χ0n) is 12.2. The molecule has 3 heterocycles. The number of nitrogens with zero attached hydrogens (tertiary/aromatic N) is 5. The first-order valence-electron chi connectivity index (χ1n) is 6.95. The zero-order chi connectivity index (χ0) is 14.8. The number of hydrogen-bond acceptors (Lipinski definition) is 5. The lowest BCUT2D eigenvalue weighted by molar-refractivity contribution is 0.0757. The van der Waals surface area contributed by atoms with Crippen LogP contribution in [0.2, 0.25) is 0 Å². The van der Waals surface area contributed by atoms with Crippen LogP contribution in [0.25, 0.3) is 0 Å². The fourth-order valence-electron chi connectivity index (χ4n) is 2.64. The van der Waals surface area contributed by atoms with E-state index in [-0.39, 0.29) is 5.91 Å². The average Bonchev–Trinajstić information content (AvgIpc) is 2.92. The highest BCUT2D eigenvalue weighted by molar-refractivity contribution is 5.92. The first-order valence-corrected chi connectivity index (χ1v) is 6.95. The van der Waals surface area contributed by atoms with Gasteiger partial charge >= 0.3 is 0 Å². The molecule has 0 fully saturated rings. The number of fused-ring (bicyclic) bond motifs is 1. The van der Waals surface area contributed by atoms with Crippen LogP contribution in [0.1, 0.15) is 21.7 Å². The SMILES string of the molecule is CN(C)c1ncnc2c1CCN(C(=O)c1ccn[nH]1)CC2. The van der Waals surface area contributed by atoms with Gasteiger partial charge in [0, 0.05) is 45.4 Å². The third-order valence-electron chi connectivity index (χ3n) is 3.70. The first-order chi connectivity index (χ1) is 10.2. The third kappa shape index (κ3) is 2.58. The van der Waals surface area contributed by atoms with Crippen molar-refractivity contribution in [1.29, 1.82) is 0 Å². The Kier molecular flexibility index (Phi) is 3.55. The molecule has 0 saturated heterocycles. The van der Waals surface area contributed by atoms with Gasteiger partial charge in [0.15, 0.2) is 0 Å². The van der Waals surface area contributed by atoms with Crippen LogP contribution >= 0.6 is 0 Å². The molecule has 7 nitrogen and oxygen atoms in total. The van der Waals surface area contributed by atoms with Gasteiger partial charge in [-0.2, -0.15) is 5.10 Å². The number of nitrogens with one attached hydrogen (secondary N) is 1. The molecule has 1 amide bonds. The number of aromatic nitrogens is 4. The van der Waals surface area contributed by atoms with Crippen LogP contribution < -0.4 is 4.90 Å². The molecule has 1 aliphatic heterocycles. The summed E-state index contributed by atoms with van der Waals surface area (Å²) in [6, 6.07) is 1.70. The fourth-order valence-corrected chi connectivity index (χ4v) is 2.64. The highest BCUT2D eigenvalue weighted by Crippen LogP contribution is 2.22. The second-order valence-electron chi connectivity index (χ2n) is 5.28. The molecule has 0 radical (unpaired) electrons. The summed E-state index contributed by atoms with van der Waals surface area (Å²) in [5.41, 5.74) is 2.70. The second kappa shape index (κ2) is 5.51. The summed E-state index contributed by atoms with van der Waals surface area (Å²) < 4.78 is 0. The highest BCUT2D eigenvalue weighted by atomic mass is 16.2. The summed E-state index contributed by atoms with van der Waals surface area (Å²) in [5.74, 6) is 0.926. The molecular formula is C14H18N6O. The summed E-state index contributed by atoms with van der Waals surface area (Å²) in [4.78, 5) is 25.0. The van der Waals surface area contributed by atoms with Crippen LogP contribution in [-0.4, -0.2) is 58.2 Å². The fraction of sp³-hybridized carbons (Fsp3) is 0.429. The van der Waals surface area contributed by atoms with Crippen LogP contribution in [0, 0.1) is 0 Å². The number of H-pyrrole nitrogens is 1. The van der Waals surface area contributed by atoms with Gasteiger partial charge in [-0.3, -0.25) is 9.89 Å². The van der Waals surface area contributed by atoms with Gasteiger partial charge < -0.3 is 9.80 Å². The lowest BCUT2D eigenvalue weighted by Crippen LogP contribution is -2.33. The lowest BCUT2D eigenvalue weighted by Gasteiger charge is -2.19. The van der Waals surface area contributed by atoms with Crippen molar-refractivity contribution in [3.63, 3.8) is 0 Å². The Morgan fingerprint density at radius 1 is 1.29 bits per heavy atom. The molecule has 110 valence electrons.